The fraction of sp³-hybridized carbons (Fsp3) is 0.391. The van der Waals surface area contributed by atoms with E-state index in [9.17, 15) is 18.4 Å². The van der Waals surface area contributed by atoms with Crippen molar-refractivity contribution in [2.75, 3.05) is 13.1 Å². The van der Waals surface area contributed by atoms with Crippen molar-refractivity contribution < 1.29 is 18.4 Å². The van der Waals surface area contributed by atoms with Gasteiger partial charge in [-0.3, -0.25) is 15.0 Å². The zero-order valence-corrected chi connectivity index (χ0v) is 18.9. The predicted octanol–water partition coefficient (Wildman–Crippen LogP) is 2.67. The van der Waals surface area contributed by atoms with Gasteiger partial charge in [-0.05, 0) is 61.6 Å². The number of aryl methyl sites for hydroxylation is 2. The summed E-state index contributed by atoms with van der Waals surface area (Å²) >= 11 is 0. The molecule has 0 spiro atoms. The molecular formula is C23H29N3O4S. The summed E-state index contributed by atoms with van der Waals surface area (Å²) < 4.78 is 26.2. The highest BCUT2D eigenvalue weighted by Gasteiger charge is 2.41. The van der Waals surface area contributed by atoms with Crippen molar-refractivity contribution >= 4 is 22.3 Å². The molecule has 1 aromatic heterocycles. The van der Waals surface area contributed by atoms with Crippen molar-refractivity contribution in [2.45, 2.75) is 49.8 Å². The Kier molecular flexibility index (Phi) is 7.25. The molecule has 0 saturated carbocycles. The highest BCUT2D eigenvalue weighted by molar-refractivity contribution is 7.92. The lowest BCUT2D eigenvalue weighted by Gasteiger charge is -2.23. The molecule has 2 heterocycles. The number of sulfone groups is 1. The lowest BCUT2D eigenvalue weighted by atomic mass is 9.98. The Morgan fingerprint density at radius 3 is 2.58 bits per heavy atom. The quantitative estimate of drug-likeness (QED) is 0.370. The van der Waals surface area contributed by atoms with E-state index in [-0.39, 0.29) is 24.4 Å². The standard InChI is InChI=1S/C23H29N3O4S/c1-4-5-6-21-17(3)25-16(2)11-19(21)12-18-7-9-20(10-8-18)31(29,30)23-14-24-13-22(23)26(28)15-27/h5-11,15,22-24,28H,4,12-14H2,1-3H3/b6-5-. The minimum Gasteiger partial charge on any atom is -0.313 e. The molecule has 1 aromatic carbocycles. The minimum absolute atomic E-state index is 0.183. The first-order chi connectivity index (χ1) is 14.8. The zero-order chi connectivity index (χ0) is 22.6. The summed E-state index contributed by atoms with van der Waals surface area (Å²) in [6.45, 7) is 6.46. The number of allylic oxidation sites excluding steroid dienone is 1. The smallest absolute Gasteiger partial charge is 0.233 e. The molecule has 8 heteroatoms. The second kappa shape index (κ2) is 9.72. The SMILES string of the molecule is CC/C=C\c1c(Cc2ccc(S(=O)(=O)C3CNCC3N(O)C=O)cc2)cc(C)nc1C. The third-order valence-corrected chi connectivity index (χ3v) is 7.81. The average molecular weight is 444 g/mol. The van der Waals surface area contributed by atoms with Crippen molar-refractivity contribution in [3.8, 4) is 0 Å². The number of amides is 1. The number of hydrogen-bond acceptors (Lipinski definition) is 6. The Hall–Kier alpha value is -2.55. The van der Waals surface area contributed by atoms with Gasteiger partial charge in [-0.15, -0.1) is 0 Å². The maximum absolute atomic E-state index is 13.1. The average Bonchev–Trinajstić information content (AvgIpc) is 3.24. The maximum atomic E-state index is 13.1. The molecular weight excluding hydrogens is 414 g/mol. The first-order valence-electron chi connectivity index (χ1n) is 10.4. The van der Waals surface area contributed by atoms with Crippen LogP contribution in [-0.2, 0) is 21.1 Å². The molecule has 31 heavy (non-hydrogen) atoms. The van der Waals surface area contributed by atoms with Crippen molar-refractivity contribution in [1.82, 2.24) is 15.4 Å². The van der Waals surface area contributed by atoms with Gasteiger partial charge in [0, 0.05) is 24.5 Å². The fourth-order valence-electron chi connectivity index (χ4n) is 4.02. The van der Waals surface area contributed by atoms with Crippen LogP contribution in [0.4, 0.5) is 0 Å². The molecule has 1 amide bonds. The summed E-state index contributed by atoms with van der Waals surface area (Å²) in [4.78, 5) is 15.6. The first-order valence-corrected chi connectivity index (χ1v) is 11.9. The number of hydrogen-bond donors (Lipinski definition) is 2. The first kappa shape index (κ1) is 23.1. The molecule has 1 fully saturated rings. The van der Waals surface area contributed by atoms with Gasteiger partial charge in [-0.1, -0.05) is 31.2 Å². The van der Waals surface area contributed by atoms with Crippen LogP contribution >= 0.6 is 0 Å². The third kappa shape index (κ3) is 5.03. The van der Waals surface area contributed by atoms with Crippen LogP contribution in [0.1, 0.15) is 41.4 Å². The number of carbonyl (C=O) groups excluding carboxylic acids is 1. The molecule has 7 nitrogen and oxygen atoms in total. The van der Waals surface area contributed by atoms with Crippen LogP contribution in [0, 0.1) is 13.8 Å². The summed E-state index contributed by atoms with van der Waals surface area (Å²) in [6, 6.07) is 8.10. The molecule has 1 aliphatic rings. The second-order valence-electron chi connectivity index (χ2n) is 7.85. The topological polar surface area (TPSA) is 99.6 Å². The number of nitrogens with one attached hydrogen (secondary N) is 1. The molecule has 2 unspecified atom stereocenters. The number of benzene rings is 1. The molecule has 166 valence electrons. The number of pyridine rings is 1. The summed E-state index contributed by atoms with van der Waals surface area (Å²) in [5.41, 5.74) is 5.16. The number of nitrogens with zero attached hydrogens (tertiary/aromatic N) is 2. The summed E-state index contributed by atoms with van der Waals surface area (Å²) in [6.07, 6.45) is 6.04. The second-order valence-corrected chi connectivity index (χ2v) is 10.0. The molecule has 2 atom stereocenters. The Labute approximate surface area is 183 Å². The van der Waals surface area contributed by atoms with E-state index in [1.165, 1.54) is 0 Å². The van der Waals surface area contributed by atoms with E-state index in [0.717, 1.165) is 34.5 Å². The molecule has 3 rings (SSSR count). The Morgan fingerprint density at radius 2 is 1.94 bits per heavy atom. The minimum atomic E-state index is -3.71. The maximum Gasteiger partial charge on any atom is 0.233 e. The zero-order valence-electron chi connectivity index (χ0n) is 18.1. The van der Waals surface area contributed by atoms with Crippen LogP contribution in [0.15, 0.2) is 41.3 Å². The number of aromatic nitrogens is 1. The molecule has 0 radical (unpaired) electrons. The molecule has 1 saturated heterocycles. The van der Waals surface area contributed by atoms with E-state index in [4.69, 9.17) is 0 Å². The number of carbonyl (C=O) groups is 1. The van der Waals surface area contributed by atoms with Gasteiger partial charge >= 0.3 is 0 Å². The summed E-state index contributed by atoms with van der Waals surface area (Å²) in [5, 5.41) is 12.2. The van der Waals surface area contributed by atoms with E-state index in [1.807, 2.05) is 26.0 Å². The van der Waals surface area contributed by atoms with Gasteiger partial charge in [0.25, 0.3) is 0 Å². The third-order valence-electron chi connectivity index (χ3n) is 5.60. The van der Waals surface area contributed by atoms with Crippen LogP contribution in [0.2, 0.25) is 0 Å². The van der Waals surface area contributed by atoms with Crippen molar-refractivity contribution in [2.24, 2.45) is 0 Å². The predicted molar refractivity (Wildman–Crippen MR) is 120 cm³/mol. The molecule has 0 aliphatic carbocycles. The Morgan fingerprint density at radius 1 is 1.23 bits per heavy atom. The van der Waals surface area contributed by atoms with Crippen molar-refractivity contribution in [3.63, 3.8) is 0 Å². The van der Waals surface area contributed by atoms with Gasteiger partial charge in [0.2, 0.25) is 6.41 Å². The van der Waals surface area contributed by atoms with Gasteiger partial charge in [0.1, 0.15) is 5.25 Å². The highest BCUT2D eigenvalue weighted by atomic mass is 32.2. The van der Waals surface area contributed by atoms with Gasteiger partial charge in [0.15, 0.2) is 9.84 Å². The summed E-state index contributed by atoms with van der Waals surface area (Å²) in [7, 11) is -3.71. The van der Waals surface area contributed by atoms with Gasteiger partial charge in [-0.2, -0.15) is 0 Å². The van der Waals surface area contributed by atoms with Gasteiger partial charge in [0.05, 0.1) is 10.9 Å². The van der Waals surface area contributed by atoms with E-state index >= 15 is 0 Å². The van der Waals surface area contributed by atoms with Gasteiger partial charge < -0.3 is 5.32 Å². The van der Waals surface area contributed by atoms with E-state index in [0.29, 0.717) is 11.5 Å². The van der Waals surface area contributed by atoms with Crippen LogP contribution in [-0.4, -0.2) is 54.5 Å². The van der Waals surface area contributed by atoms with Crippen molar-refractivity contribution in [1.29, 1.82) is 0 Å². The normalized spacial score (nSPS) is 19.1. The van der Waals surface area contributed by atoms with Crippen LogP contribution in [0.25, 0.3) is 6.08 Å². The monoisotopic (exact) mass is 443 g/mol. The molecule has 2 N–H and O–H groups in total. The molecule has 0 bridgehead atoms. The van der Waals surface area contributed by atoms with Crippen LogP contribution in [0.5, 0.6) is 0 Å². The highest BCUT2D eigenvalue weighted by Crippen LogP contribution is 2.25. The number of rotatable bonds is 8. The Bertz CT molecular complexity index is 1060. The summed E-state index contributed by atoms with van der Waals surface area (Å²) in [5.74, 6) is 0. The van der Waals surface area contributed by atoms with Crippen molar-refractivity contribution in [3.05, 3.63) is 64.5 Å². The molecule has 2 aromatic rings. The number of hydroxylamine groups is 2. The Balaban J connectivity index is 1.86. The van der Waals surface area contributed by atoms with E-state index in [2.05, 4.69) is 35.4 Å². The lowest BCUT2D eigenvalue weighted by molar-refractivity contribution is -0.157. The molecule has 1 aliphatic heterocycles. The largest absolute Gasteiger partial charge is 0.313 e. The van der Waals surface area contributed by atoms with E-state index in [1.54, 1.807) is 12.1 Å². The van der Waals surface area contributed by atoms with E-state index < -0.39 is 21.1 Å². The van der Waals surface area contributed by atoms with Crippen LogP contribution < -0.4 is 5.32 Å². The lowest BCUT2D eigenvalue weighted by Crippen LogP contribution is -2.44. The van der Waals surface area contributed by atoms with Crippen LogP contribution in [0.3, 0.4) is 0 Å². The fourth-order valence-corrected chi connectivity index (χ4v) is 5.86. The van der Waals surface area contributed by atoms with Gasteiger partial charge in [-0.25, -0.2) is 13.5 Å².